The highest BCUT2D eigenvalue weighted by Gasteiger charge is 2.06. The van der Waals surface area contributed by atoms with Crippen LogP contribution in [-0.4, -0.2) is 34.6 Å². The van der Waals surface area contributed by atoms with Crippen molar-refractivity contribution in [2.45, 2.75) is 32.7 Å². The summed E-state index contributed by atoms with van der Waals surface area (Å²) in [4.78, 5) is 11.6. The zero-order valence-electron chi connectivity index (χ0n) is 12.7. The van der Waals surface area contributed by atoms with Gasteiger partial charge in [0.1, 0.15) is 12.3 Å². The number of ether oxygens (including phenoxy) is 2. The van der Waals surface area contributed by atoms with Gasteiger partial charge in [-0.3, -0.25) is 4.79 Å². The molecule has 7 nitrogen and oxygen atoms in total. The molecule has 2 heterocycles. The quantitative estimate of drug-likeness (QED) is 0.553. The molecular weight excluding hydrogens is 284 g/mol. The van der Waals surface area contributed by atoms with E-state index in [9.17, 15) is 4.79 Å². The van der Waals surface area contributed by atoms with Gasteiger partial charge in [-0.2, -0.15) is 15.4 Å². The second-order valence-corrected chi connectivity index (χ2v) is 4.80. The Labute approximate surface area is 129 Å². The van der Waals surface area contributed by atoms with Crippen molar-refractivity contribution in [1.29, 1.82) is 0 Å². The maximum Gasteiger partial charge on any atom is 0.309 e. The molecule has 0 aliphatic heterocycles. The van der Waals surface area contributed by atoms with E-state index < -0.39 is 0 Å². The van der Waals surface area contributed by atoms with Crippen molar-refractivity contribution in [2.24, 2.45) is 0 Å². The molecule has 0 spiro atoms. The molecule has 0 aliphatic carbocycles. The van der Waals surface area contributed by atoms with E-state index >= 15 is 0 Å². The van der Waals surface area contributed by atoms with Crippen molar-refractivity contribution >= 4 is 5.97 Å². The van der Waals surface area contributed by atoms with E-state index in [0.29, 0.717) is 19.6 Å². The van der Waals surface area contributed by atoms with Crippen molar-refractivity contribution < 1.29 is 18.8 Å². The topological polar surface area (TPSA) is 81.0 Å². The first kappa shape index (κ1) is 15.9. The van der Waals surface area contributed by atoms with E-state index in [2.05, 4.69) is 26.9 Å². The van der Waals surface area contributed by atoms with Crippen LogP contribution in [0.2, 0.25) is 0 Å². The van der Waals surface area contributed by atoms with Crippen LogP contribution in [0.5, 0.6) is 5.75 Å². The molecule has 0 unspecified atom stereocenters. The molecule has 0 saturated heterocycles. The first-order chi connectivity index (χ1) is 10.8. The van der Waals surface area contributed by atoms with Gasteiger partial charge in [0, 0.05) is 25.0 Å². The Morgan fingerprint density at radius 1 is 1.32 bits per heavy atom. The summed E-state index contributed by atoms with van der Waals surface area (Å²) in [6.45, 7) is 3.72. The minimum atomic E-state index is -0.277. The van der Waals surface area contributed by atoms with Crippen LogP contribution in [0, 0.1) is 0 Å². The van der Waals surface area contributed by atoms with Crippen LogP contribution in [0.25, 0.3) is 0 Å². The molecule has 22 heavy (non-hydrogen) atoms. The minimum absolute atomic E-state index is 0.225. The Balaban J connectivity index is 1.60. The SMILES string of the molecule is CCC[n+]1ccc(OCCC(=O)OCCc2cn[nH]n2)cc1. The fourth-order valence-electron chi connectivity index (χ4n) is 1.89. The van der Waals surface area contributed by atoms with E-state index in [1.54, 1.807) is 6.20 Å². The van der Waals surface area contributed by atoms with Crippen LogP contribution >= 0.6 is 0 Å². The summed E-state index contributed by atoms with van der Waals surface area (Å²) in [6, 6.07) is 3.79. The zero-order valence-corrected chi connectivity index (χ0v) is 12.7. The molecule has 0 amide bonds. The van der Waals surface area contributed by atoms with Crippen molar-refractivity contribution in [3.05, 3.63) is 36.4 Å². The summed E-state index contributed by atoms with van der Waals surface area (Å²) in [5, 5.41) is 10.1. The van der Waals surface area contributed by atoms with Crippen molar-refractivity contribution in [3.8, 4) is 5.75 Å². The number of aromatic amines is 1. The molecule has 0 saturated carbocycles. The average molecular weight is 305 g/mol. The van der Waals surface area contributed by atoms with Gasteiger partial charge in [-0.05, 0) is 0 Å². The lowest BCUT2D eigenvalue weighted by atomic mass is 10.3. The molecular formula is C15H21N4O3+. The number of H-pyrrole nitrogens is 1. The Kier molecular flexibility index (Phi) is 6.35. The fraction of sp³-hybridized carbons (Fsp3) is 0.467. The summed E-state index contributed by atoms with van der Waals surface area (Å²) in [6.07, 6.45) is 7.41. The predicted octanol–water partition coefficient (Wildman–Crippen LogP) is 1.06. The van der Waals surface area contributed by atoms with E-state index in [4.69, 9.17) is 9.47 Å². The van der Waals surface area contributed by atoms with Crippen molar-refractivity contribution in [2.75, 3.05) is 13.2 Å². The zero-order chi connectivity index (χ0) is 15.6. The third-order valence-electron chi connectivity index (χ3n) is 3.00. The van der Waals surface area contributed by atoms with Gasteiger partial charge >= 0.3 is 5.97 Å². The summed E-state index contributed by atoms with van der Waals surface area (Å²) in [5.74, 6) is 0.475. The molecule has 2 aromatic heterocycles. The van der Waals surface area contributed by atoms with Crippen molar-refractivity contribution in [3.63, 3.8) is 0 Å². The second kappa shape index (κ2) is 8.76. The molecule has 118 valence electrons. The summed E-state index contributed by atoms with van der Waals surface area (Å²) < 4.78 is 12.7. The molecule has 1 N–H and O–H groups in total. The largest absolute Gasteiger partial charge is 0.493 e. The first-order valence-corrected chi connectivity index (χ1v) is 7.40. The van der Waals surface area contributed by atoms with Gasteiger partial charge in [-0.25, -0.2) is 4.57 Å². The number of nitrogens with zero attached hydrogens (tertiary/aromatic N) is 3. The summed E-state index contributed by atoms with van der Waals surface area (Å²) >= 11 is 0. The molecule has 0 fully saturated rings. The van der Waals surface area contributed by atoms with Gasteiger partial charge in [0.05, 0.1) is 31.5 Å². The molecule has 0 bridgehead atoms. The lowest BCUT2D eigenvalue weighted by molar-refractivity contribution is -0.697. The average Bonchev–Trinajstić information content (AvgIpc) is 3.03. The minimum Gasteiger partial charge on any atom is -0.493 e. The van der Waals surface area contributed by atoms with Crippen LogP contribution in [0.1, 0.15) is 25.5 Å². The standard InChI is InChI=1S/C15H21N4O3/c1-2-7-19-8-3-14(4-9-19)21-11-6-15(20)22-10-5-13-12-16-18-17-13/h3-4,8-9,12H,2,5-7,10-11H2,1H3,(H,16,17,18)/q+1. The number of nitrogens with one attached hydrogen (secondary N) is 1. The van der Waals surface area contributed by atoms with Gasteiger partial charge in [-0.15, -0.1) is 0 Å². The van der Waals surface area contributed by atoms with Gasteiger partial charge in [0.25, 0.3) is 0 Å². The Morgan fingerprint density at radius 2 is 2.14 bits per heavy atom. The highest BCUT2D eigenvalue weighted by Crippen LogP contribution is 2.06. The van der Waals surface area contributed by atoms with E-state index in [-0.39, 0.29) is 12.4 Å². The van der Waals surface area contributed by atoms with Gasteiger partial charge in [0.2, 0.25) is 0 Å². The van der Waals surface area contributed by atoms with Gasteiger partial charge in [0.15, 0.2) is 12.4 Å². The summed E-state index contributed by atoms with van der Waals surface area (Å²) in [7, 11) is 0. The first-order valence-electron chi connectivity index (χ1n) is 7.40. The van der Waals surface area contributed by atoms with Crippen molar-refractivity contribution in [1.82, 2.24) is 15.4 Å². The number of esters is 1. The van der Waals surface area contributed by atoms with Gasteiger partial charge < -0.3 is 9.47 Å². The van der Waals surface area contributed by atoms with Crippen LogP contribution in [0.3, 0.4) is 0 Å². The van der Waals surface area contributed by atoms with Crippen LogP contribution < -0.4 is 9.30 Å². The molecule has 0 aromatic carbocycles. The predicted molar refractivity (Wildman–Crippen MR) is 78.1 cm³/mol. The highest BCUT2D eigenvalue weighted by atomic mass is 16.5. The Hall–Kier alpha value is -2.44. The van der Waals surface area contributed by atoms with E-state index in [1.165, 1.54) is 0 Å². The molecule has 2 aromatic rings. The molecule has 0 atom stereocenters. The number of hydrogen-bond donors (Lipinski definition) is 1. The van der Waals surface area contributed by atoms with E-state index in [1.807, 2.05) is 24.5 Å². The Bertz CT molecular complexity index is 555. The lowest BCUT2D eigenvalue weighted by Gasteiger charge is -2.06. The smallest absolute Gasteiger partial charge is 0.309 e. The molecule has 0 radical (unpaired) electrons. The number of carbonyl (C=O) groups is 1. The van der Waals surface area contributed by atoms with Crippen LogP contribution in [0.4, 0.5) is 0 Å². The monoisotopic (exact) mass is 305 g/mol. The third kappa shape index (κ3) is 5.51. The second-order valence-electron chi connectivity index (χ2n) is 4.80. The third-order valence-corrected chi connectivity index (χ3v) is 3.00. The summed E-state index contributed by atoms with van der Waals surface area (Å²) in [5.41, 5.74) is 0.772. The number of aromatic nitrogens is 4. The maximum absolute atomic E-state index is 11.6. The molecule has 7 heteroatoms. The number of rotatable bonds is 9. The number of pyridine rings is 1. The fourth-order valence-corrected chi connectivity index (χ4v) is 1.89. The lowest BCUT2D eigenvalue weighted by Crippen LogP contribution is -2.31. The number of aryl methyl sites for hydroxylation is 1. The van der Waals surface area contributed by atoms with Crippen LogP contribution in [-0.2, 0) is 22.5 Å². The van der Waals surface area contributed by atoms with Crippen LogP contribution in [0.15, 0.2) is 30.7 Å². The van der Waals surface area contributed by atoms with Gasteiger partial charge in [-0.1, -0.05) is 6.92 Å². The maximum atomic E-state index is 11.6. The highest BCUT2D eigenvalue weighted by molar-refractivity contribution is 5.69. The number of hydrogen-bond acceptors (Lipinski definition) is 5. The number of carbonyl (C=O) groups excluding carboxylic acids is 1. The Morgan fingerprint density at radius 3 is 2.82 bits per heavy atom. The molecule has 2 rings (SSSR count). The molecule has 0 aliphatic rings. The normalized spacial score (nSPS) is 10.4. The van der Waals surface area contributed by atoms with E-state index in [0.717, 1.165) is 24.4 Å².